The molecule has 0 aromatic rings. The molecule has 0 amide bonds. The minimum atomic E-state index is 0.484. The van der Waals surface area contributed by atoms with E-state index in [4.69, 9.17) is 0 Å². The van der Waals surface area contributed by atoms with Gasteiger partial charge in [-0.25, -0.2) is 0 Å². The van der Waals surface area contributed by atoms with Gasteiger partial charge in [-0.3, -0.25) is 0 Å². The summed E-state index contributed by atoms with van der Waals surface area (Å²) in [4.78, 5) is 0. The lowest BCUT2D eigenvalue weighted by molar-refractivity contribution is 0.554. The topological polar surface area (TPSA) is 12.0 Å². The van der Waals surface area contributed by atoms with Gasteiger partial charge in [-0.05, 0) is 24.5 Å². The molecule has 76 valence electrons. The van der Waals surface area contributed by atoms with Crippen molar-refractivity contribution in [1.29, 1.82) is 0 Å². The van der Waals surface area contributed by atoms with E-state index in [1.165, 1.54) is 11.3 Å². The first-order valence-electron chi connectivity index (χ1n) is 5.62. The Morgan fingerprint density at radius 2 is 2.00 bits per heavy atom. The fraction of sp³-hybridized carbons (Fsp3) is 0.286. The third-order valence-electron chi connectivity index (χ3n) is 3.28. The monoisotopic (exact) mass is 197 g/mol. The van der Waals surface area contributed by atoms with Crippen molar-refractivity contribution in [1.82, 2.24) is 5.32 Å². The number of hydrogen-bond donors (Lipinski definition) is 1. The molecule has 0 radical (unpaired) electrons. The van der Waals surface area contributed by atoms with Crippen molar-refractivity contribution in [3.05, 3.63) is 59.9 Å². The predicted octanol–water partition coefficient (Wildman–Crippen LogP) is 2.86. The van der Waals surface area contributed by atoms with Gasteiger partial charge in [-0.15, -0.1) is 0 Å². The highest BCUT2D eigenvalue weighted by Crippen LogP contribution is 2.33. The Bertz CT molecular complexity index is 407. The van der Waals surface area contributed by atoms with E-state index in [-0.39, 0.29) is 0 Å². The second-order valence-corrected chi connectivity index (χ2v) is 4.23. The van der Waals surface area contributed by atoms with Crippen LogP contribution in [0.15, 0.2) is 59.9 Å². The van der Waals surface area contributed by atoms with Gasteiger partial charge < -0.3 is 5.32 Å². The lowest BCUT2D eigenvalue weighted by Crippen LogP contribution is -2.25. The van der Waals surface area contributed by atoms with E-state index >= 15 is 0 Å². The normalized spacial score (nSPS) is 32.0. The minimum absolute atomic E-state index is 0.484. The summed E-state index contributed by atoms with van der Waals surface area (Å²) in [6.45, 7) is 0. The molecule has 3 aliphatic rings. The van der Waals surface area contributed by atoms with Crippen molar-refractivity contribution in [2.75, 3.05) is 0 Å². The van der Waals surface area contributed by atoms with Crippen molar-refractivity contribution in [2.45, 2.75) is 18.9 Å². The number of nitrogens with one attached hydrogen (secondary N) is 1. The van der Waals surface area contributed by atoms with Crippen LogP contribution in [0.4, 0.5) is 0 Å². The zero-order valence-corrected chi connectivity index (χ0v) is 8.69. The molecule has 15 heavy (non-hydrogen) atoms. The van der Waals surface area contributed by atoms with Crippen LogP contribution in [0.2, 0.25) is 0 Å². The molecule has 2 atom stereocenters. The van der Waals surface area contributed by atoms with Gasteiger partial charge in [0.25, 0.3) is 0 Å². The molecule has 0 aromatic heterocycles. The van der Waals surface area contributed by atoms with Gasteiger partial charge in [-0.1, -0.05) is 42.5 Å². The molecular formula is C14H15N. The standard InChI is InChI=1S/C14H15N/c1-3-7-11-12-8-4-2-6-10-14(12)15-13(11)9-5-1/h1,3-6,8-11,13,15H,2,7H2. The number of hydrogen-bond acceptors (Lipinski definition) is 1. The van der Waals surface area contributed by atoms with Crippen LogP contribution in [-0.4, -0.2) is 6.04 Å². The van der Waals surface area contributed by atoms with Crippen molar-refractivity contribution in [3.63, 3.8) is 0 Å². The Labute approximate surface area is 90.6 Å². The predicted molar refractivity (Wildman–Crippen MR) is 63.2 cm³/mol. The first kappa shape index (κ1) is 8.78. The fourth-order valence-electron chi connectivity index (χ4n) is 2.52. The third-order valence-corrected chi connectivity index (χ3v) is 3.28. The summed E-state index contributed by atoms with van der Waals surface area (Å²) in [5.74, 6) is 0.619. The highest BCUT2D eigenvalue weighted by atomic mass is 15.0. The molecule has 0 fully saturated rings. The lowest BCUT2D eigenvalue weighted by atomic mass is 9.91. The van der Waals surface area contributed by atoms with Crippen molar-refractivity contribution in [3.8, 4) is 0 Å². The Hall–Kier alpha value is -1.50. The van der Waals surface area contributed by atoms with E-state index in [1.807, 2.05) is 0 Å². The molecule has 0 aromatic carbocycles. The molecule has 1 N–H and O–H groups in total. The summed E-state index contributed by atoms with van der Waals surface area (Å²) in [5.41, 5.74) is 2.80. The second-order valence-electron chi connectivity index (χ2n) is 4.23. The Morgan fingerprint density at radius 1 is 1.07 bits per heavy atom. The quantitative estimate of drug-likeness (QED) is 0.629. The van der Waals surface area contributed by atoms with Crippen LogP contribution in [0.5, 0.6) is 0 Å². The molecule has 1 heterocycles. The van der Waals surface area contributed by atoms with Crippen LogP contribution >= 0.6 is 0 Å². The largest absolute Gasteiger partial charge is 0.378 e. The van der Waals surface area contributed by atoms with Gasteiger partial charge in [0.15, 0.2) is 0 Å². The van der Waals surface area contributed by atoms with Gasteiger partial charge in [0.1, 0.15) is 0 Å². The second kappa shape index (κ2) is 3.58. The van der Waals surface area contributed by atoms with Crippen LogP contribution in [-0.2, 0) is 0 Å². The minimum Gasteiger partial charge on any atom is -0.378 e. The summed E-state index contributed by atoms with van der Waals surface area (Å²) in [5, 5.41) is 3.59. The first-order chi connectivity index (χ1) is 7.45. The molecule has 0 saturated carbocycles. The molecule has 0 bridgehead atoms. The van der Waals surface area contributed by atoms with Crippen LogP contribution in [0.25, 0.3) is 0 Å². The van der Waals surface area contributed by atoms with Crippen molar-refractivity contribution < 1.29 is 0 Å². The van der Waals surface area contributed by atoms with Gasteiger partial charge in [0.2, 0.25) is 0 Å². The van der Waals surface area contributed by atoms with Gasteiger partial charge in [-0.2, -0.15) is 0 Å². The van der Waals surface area contributed by atoms with Crippen LogP contribution in [0, 0.1) is 5.92 Å². The van der Waals surface area contributed by atoms with E-state index in [0.29, 0.717) is 12.0 Å². The third kappa shape index (κ3) is 1.48. The maximum atomic E-state index is 3.59. The van der Waals surface area contributed by atoms with Crippen LogP contribution in [0.1, 0.15) is 12.8 Å². The molecule has 1 heteroatoms. The zero-order valence-electron chi connectivity index (χ0n) is 8.69. The van der Waals surface area contributed by atoms with E-state index in [0.717, 1.165) is 12.8 Å². The maximum Gasteiger partial charge on any atom is 0.0519 e. The summed E-state index contributed by atoms with van der Waals surface area (Å²) >= 11 is 0. The Morgan fingerprint density at radius 3 is 3.00 bits per heavy atom. The van der Waals surface area contributed by atoms with E-state index in [9.17, 15) is 0 Å². The van der Waals surface area contributed by atoms with E-state index in [2.05, 4.69) is 53.9 Å². The SMILES string of the molecule is C1=CCC2C3=C(C=CCC=C3)NC2C=C1. The van der Waals surface area contributed by atoms with Crippen molar-refractivity contribution in [2.24, 2.45) is 5.92 Å². The first-order valence-corrected chi connectivity index (χ1v) is 5.62. The summed E-state index contributed by atoms with van der Waals surface area (Å²) in [7, 11) is 0. The molecule has 2 unspecified atom stereocenters. The summed E-state index contributed by atoms with van der Waals surface area (Å²) in [6.07, 6.45) is 20.0. The number of allylic oxidation sites excluding steroid dienone is 7. The van der Waals surface area contributed by atoms with Crippen LogP contribution < -0.4 is 5.32 Å². The number of fused-ring (bicyclic) bond motifs is 2. The van der Waals surface area contributed by atoms with Gasteiger partial charge >= 0.3 is 0 Å². The number of rotatable bonds is 0. The molecule has 2 aliphatic carbocycles. The molecule has 3 rings (SSSR count). The van der Waals surface area contributed by atoms with Gasteiger partial charge in [0, 0.05) is 11.6 Å². The maximum absolute atomic E-state index is 3.59. The average Bonchev–Trinajstić information content (AvgIpc) is 2.51. The van der Waals surface area contributed by atoms with Crippen molar-refractivity contribution >= 4 is 0 Å². The smallest absolute Gasteiger partial charge is 0.0519 e. The van der Waals surface area contributed by atoms with E-state index < -0.39 is 0 Å². The molecule has 0 spiro atoms. The van der Waals surface area contributed by atoms with Gasteiger partial charge in [0.05, 0.1) is 6.04 Å². The summed E-state index contributed by atoms with van der Waals surface area (Å²) in [6, 6.07) is 0.484. The average molecular weight is 197 g/mol. The van der Waals surface area contributed by atoms with Crippen LogP contribution in [0.3, 0.4) is 0 Å². The zero-order chi connectivity index (χ0) is 10.1. The van der Waals surface area contributed by atoms with E-state index in [1.54, 1.807) is 0 Å². The fourth-order valence-corrected chi connectivity index (χ4v) is 2.52. The molecule has 0 saturated heterocycles. The Balaban J connectivity index is 1.99. The highest BCUT2D eigenvalue weighted by Gasteiger charge is 2.30. The molecular weight excluding hydrogens is 182 g/mol. The molecule has 1 nitrogen and oxygen atoms in total. The highest BCUT2D eigenvalue weighted by molar-refractivity contribution is 5.44. The summed E-state index contributed by atoms with van der Waals surface area (Å²) < 4.78 is 0. The lowest BCUT2D eigenvalue weighted by Gasteiger charge is -2.15. The molecule has 1 aliphatic heterocycles. The Kier molecular flexibility index (Phi) is 2.09.